The van der Waals surface area contributed by atoms with Gasteiger partial charge in [-0.15, -0.1) is 0 Å². The van der Waals surface area contributed by atoms with Gasteiger partial charge in [-0.25, -0.2) is 0 Å². The minimum absolute atomic E-state index is 0.178. The number of carbonyl (C=O) groups excluding carboxylic acids is 3. The third kappa shape index (κ3) is 19.1. The van der Waals surface area contributed by atoms with Gasteiger partial charge < -0.3 is 25.8 Å². The van der Waals surface area contributed by atoms with Crippen LogP contribution in [-0.2, 0) is 14.4 Å². The topological polar surface area (TPSA) is 100 Å². The summed E-state index contributed by atoms with van der Waals surface area (Å²) in [5.41, 5.74) is -0.178. The molecule has 3 N–H and O–H groups in total. The highest BCUT2D eigenvalue weighted by Crippen LogP contribution is 2.19. The molecule has 2 rings (SSSR count). The molecule has 0 radical (unpaired) electrons. The van der Waals surface area contributed by atoms with Crippen LogP contribution in [0.2, 0.25) is 0 Å². The Hall–Kier alpha value is -3.07. The van der Waals surface area contributed by atoms with Gasteiger partial charge >= 0.3 is 0 Å². The second-order valence-electron chi connectivity index (χ2n) is 10.3. The number of carbonyl (C=O) groups is 3. The van der Waals surface area contributed by atoms with E-state index in [1.807, 2.05) is 19.0 Å². The van der Waals surface area contributed by atoms with E-state index >= 15 is 0 Å². The fourth-order valence-corrected chi connectivity index (χ4v) is 3.60. The minimum Gasteiger partial charge on any atom is -0.348 e. The van der Waals surface area contributed by atoms with E-state index in [1.54, 1.807) is 21.1 Å². The summed E-state index contributed by atoms with van der Waals surface area (Å²) in [4.78, 5) is 41.4. The average Bonchev–Trinajstić information content (AvgIpc) is 3.50. The quantitative estimate of drug-likeness (QED) is 0.398. The van der Waals surface area contributed by atoms with Gasteiger partial charge in [0.05, 0.1) is 5.54 Å². The molecule has 0 aromatic carbocycles. The van der Waals surface area contributed by atoms with Crippen LogP contribution in [0.4, 0.5) is 0 Å². The normalized spacial score (nSPS) is 15.2. The lowest BCUT2D eigenvalue weighted by atomic mass is 10.0. The summed E-state index contributed by atoms with van der Waals surface area (Å²) in [5.74, 6) is 15.6. The van der Waals surface area contributed by atoms with Crippen molar-refractivity contribution in [2.45, 2.75) is 45.1 Å². The Morgan fingerprint density at radius 2 is 1.23 bits per heavy atom. The van der Waals surface area contributed by atoms with Crippen LogP contribution in [0.3, 0.4) is 0 Å². The van der Waals surface area contributed by atoms with Gasteiger partial charge in [0.1, 0.15) is 0 Å². The van der Waals surface area contributed by atoms with Crippen LogP contribution < -0.4 is 16.0 Å². The first kappa shape index (κ1) is 36.9. The molecular formula is C30H51N7O3. The molecule has 2 aliphatic rings. The van der Waals surface area contributed by atoms with Gasteiger partial charge in [0.15, 0.2) is 0 Å². The zero-order chi connectivity index (χ0) is 30.4. The number of nitrogens with one attached hydrogen (secondary N) is 3. The number of rotatable bonds is 5. The zero-order valence-corrected chi connectivity index (χ0v) is 26.0. The smallest absolute Gasteiger partial charge is 0.295 e. The molecule has 2 saturated heterocycles. The maximum absolute atomic E-state index is 11.0. The Bertz CT molecular complexity index is 947. The third-order valence-corrected chi connectivity index (χ3v) is 6.30. The molecule has 3 amide bonds. The van der Waals surface area contributed by atoms with Crippen LogP contribution in [0.15, 0.2) is 0 Å². The summed E-state index contributed by atoms with van der Waals surface area (Å²) >= 11 is 0. The third-order valence-electron chi connectivity index (χ3n) is 6.30. The predicted octanol–water partition coefficient (Wildman–Crippen LogP) is -0.329. The van der Waals surface area contributed by atoms with E-state index in [-0.39, 0.29) is 23.3 Å². The van der Waals surface area contributed by atoms with Crippen molar-refractivity contribution in [2.24, 2.45) is 0 Å². The fourth-order valence-electron chi connectivity index (χ4n) is 3.60. The van der Waals surface area contributed by atoms with Crippen molar-refractivity contribution in [2.75, 3.05) is 94.6 Å². The Morgan fingerprint density at radius 3 is 1.70 bits per heavy atom. The van der Waals surface area contributed by atoms with Crippen LogP contribution >= 0.6 is 0 Å². The monoisotopic (exact) mass is 557 g/mol. The number of hydrogen-bond donors (Lipinski definition) is 3. The van der Waals surface area contributed by atoms with E-state index in [0.717, 1.165) is 65.2 Å². The molecule has 0 bridgehead atoms. The predicted molar refractivity (Wildman–Crippen MR) is 162 cm³/mol. The Morgan fingerprint density at radius 1 is 0.750 bits per heavy atom. The molecule has 2 fully saturated rings. The lowest BCUT2D eigenvalue weighted by Gasteiger charge is -2.31. The Balaban J connectivity index is 0.000000578. The lowest BCUT2D eigenvalue weighted by molar-refractivity contribution is -0.116. The summed E-state index contributed by atoms with van der Waals surface area (Å²) in [6.45, 7) is 12.7. The van der Waals surface area contributed by atoms with Crippen molar-refractivity contribution in [1.82, 2.24) is 35.6 Å². The molecule has 40 heavy (non-hydrogen) atoms. The lowest BCUT2D eigenvalue weighted by Crippen LogP contribution is -2.44. The number of piperazine rings is 1. The first-order valence-electron chi connectivity index (χ1n) is 13.9. The van der Waals surface area contributed by atoms with E-state index < -0.39 is 0 Å². The van der Waals surface area contributed by atoms with Gasteiger partial charge in [-0.3, -0.25) is 24.2 Å². The molecule has 0 aromatic rings. The molecular weight excluding hydrogens is 506 g/mol. The molecule has 224 valence electrons. The van der Waals surface area contributed by atoms with Crippen LogP contribution in [0.5, 0.6) is 0 Å². The van der Waals surface area contributed by atoms with Crippen LogP contribution in [0, 0.1) is 35.5 Å². The van der Waals surface area contributed by atoms with E-state index in [1.165, 1.54) is 12.8 Å². The highest BCUT2D eigenvalue weighted by atomic mass is 16.2. The number of likely N-dealkylation sites (tertiary alicyclic amines) is 1. The van der Waals surface area contributed by atoms with E-state index in [9.17, 15) is 14.4 Å². The molecule has 0 aromatic heterocycles. The van der Waals surface area contributed by atoms with Gasteiger partial charge in [0.2, 0.25) is 0 Å². The van der Waals surface area contributed by atoms with Crippen molar-refractivity contribution in [1.29, 1.82) is 0 Å². The molecule has 2 aliphatic heterocycles. The van der Waals surface area contributed by atoms with Crippen LogP contribution in [-0.4, -0.2) is 138 Å². The molecule has 10 heteroatoms. The largest absolute Gasteiger partial charge is 0.348 e. The summed E-state index contributed by atoms with van der Waals surface area (Å²) in [6, 6.07) is 0. The van der Waals surface area contributed by atoms with Gasteiger partial charge in [0, 0.05) is 73.3 Å². The van der Waals surface area contributed by atoms with Gasteiger partial charge in [-0.1, -0.05) is 17.8 Å². The van der Waals surface area contributed by atoms with E-state index in [2.05, 4.69) is 87.1 Å². The molecule has 0 unspecified atom stereocenters. The number of amides is 3. The molecule has 0 spiro atoms. The van der Waals surface area contributed by atoms with Gasteiger partial charge in [-0.2, -0.15) is 0 Å². The first-order valence-corrected chi connectivity index (χ1v) is 13.9. The average molecular weight is 558 g/mol. The Kier molecular flexibility index (Phi) is 20.0. The van der Waals surface area contributed by atoms with E-state index in [0.29, 0.717) is 0 Å². The van der Waals surface area contributed by atoms with Crippen LogP contribution in [0.1, 0.15) is 39.5 Å². The fraction of sp³-hybridized carbons (Fsp3) is 0.700. The highest BCUT2D eigenvalue weighted by molar-refractivity contribution is 5.94. The van der Waals surface area contributed by atoms with Gasteiger partial charge in [0.25, 0.3) is 17.7 Å². The van der Waals surface area contributed by atoms with Gasteiger partial charge in [-0.05, 0) is 78.7 Å². The van der Waals surface area contributed by atoms with Crippen LogP contribution in [0.25, 0.3) is 0 Å². The number of nitrogens with zero attached hydrogens (tertiary/aromatic N) is 4. The SMILES string of the molecule is CNC(=O)C#CC(C)(C)N1CCCC1.CNC(=O)C#CCCN(C)C.CNC(=O)C#CCCN1CCN(C)CC1. The maximum Gasteiger partial charge on any atom is 0.295 e. The standard InChI is InChI=1S/C11H19N3O.C11H18N2O.C8H14N2O/c1-12-11(15)5-3-4-6-14-9-7-13(2)8-10-14;1-11(2,7-6-10(14)12-3)13-8-4-5-9-13;1-9-8(11)6-4-5-7-10(2)3/h4,6-10H2,1-2H3,(H,12,15);4-5,8-9H2,1-3H3,(H,12,14);5,7H2,1-3H3,(H,9,11). The summed E-state index contributed by atoms with van der Waals surface area (Å²) < 4.78 is 0. The zero-order valence-electron chi connectivity index (χ0n) is 26.0. The van der Waals surface area contributed by atoms with Crippen molar-refractivity contribution in [3.8, 4) is 35.5 Å². The summed E-state index contributed by atoms with van der Waals surface area (Å²) in [7, 11) is 10.9. The first-order chi connectivity index (χ1) is 18.9. The minimum atomic E-state index is -0.219. The molecule has 0 saturated carbocycles. The summed E-state index contributed by atoms with van der Waals surface area (Å²) in [6.07, 6.45) is 3.99. The second kappa shape index (κ2) is 21.7. The molecule has 2 heterocycles. The highest BCUT2D eigenvalue weighted by Gasteiger charge is 2.26. The second-order valence-corrected chi connectivity index (χ2v) is 10.3. The number of hydrogen-bond acceptors (Lipinski definition) is 7. The van der Waals surface area contributed by atoms with Crippen molar-refractivity contribution in [3.05, 3.63) is 0 Å². The van der Waals surface area contributed by atoms with Crippen molar-refractivity contribution < 1.29 is 14.4 Å². The number of likely N-dealkylation sites (N-methyl/N-ethyl adjacent to an activating group) is 1. The molecule has 0 aliphatic carbocycles. The van der Waals surface area contributed by atoms with E-state index in [4.69, 9.17) is 0 Å². The maximum atomic E-state index is 11.0. The molecule has 10 nitrogen and oxygen atoms in total. The van der Waals surface area contributed by atoms with Crippen molar-refractivity contribution in [3.63, 3.8) is 0 Å². The summed E-state index contributed by atoms with van der Waals surface area (Å²) in [5, 5.41) is 7.40. The Labute approximate surface area is 242 Å². The van der Waals surface area contributed by atoms with Crippen molar-refractivity contribution >= 4 is 17.7 Å². The molecule has 0 atom stereocenters.